The predicted octanol–water partition coefficient (Wildman–Crippen LogP) is 3.72. The van der Waals surface area contributed by atoms with Crippen molar-refractivity contribution in [1.29, 1.82) is 0 Å². The Morgan fingerprint density at radius 2 is 1.36 bits per heavy atom. The number of hydrogen-bond acceptors (Lipinski definition) is 2. The van der Waals surface area contributed by atoms with Gasteiger partial charge in [-0.05, 0) is 57.3 Å². The number of primary amides is 1. The Morgan fingerprint density at radius 3 is 1.76 bits per heavy atom. The molecule has 1 aliphatic rings. The second kappa shape index (κ2) is 7.01. The number of benzene rings is 2. The maximum absolute atomic E-state index is 12.9. The number of amides is 1. The lowest BCUT2D eigenvalue weighted by atomic mass is 9.66. The number of carbonyl (C=O) groups is 1. The maximum atomic E-state index is 12.9. The van der Waals surface area contributed by atoms with E-state index in [1.165, 1.54) is 12.8 Å². The summed E-state index contributed by atoms with van der Waals surface area (Å²) in [6, 6.07) is 20.0. The molecule has 0 aliphatic carbocycles. The van der Waals surface area contributed by atoms with E-state index in [4.69, 9.17) is 5.73 Å². The first-order valence-corrected chi connectivity index (χ1v) is 9.13. The molecule has 0 spiro atoms. The van der Waals surface area contributed by atoms with Crippen molar-refractivity contribution in [3.63, 3.8) is 0 Å². The number of likely N-dealkylation sites (tertiary alicyclic amines) is 1. The molecule has 3 rings (SSSR count). The molecule has 0 radical (unpaired) electrons. The lowest BCUT2D eigenvalue weighted by Gasteiger charge is -2.43. The van der Waals surface area contributed by atoms with E-state index in [1.807, 2.05) is 60.7 Å². The Balaban J connectivity index is 2.12. The Hall–Kier alpha value is -2.13. The number of carbonyl (C=O) groups excluding carboxylic acids is 1. The molecule has 0 atom stereocenters. The van der Waals surface area contributed by atoms with Crippen LogP contribution in [0.15, 0.2) is 60.7 Å². The van der Waals surface area contributed by atoms with Crippen molar-refractivity contribution < 1.29 is 4.79 Å². The van der Waals surface area contributed by atoms with Gasteiger partial charge in [-0.15, -0.1) is 0 Å². The van der Waals surface area contributed by atoms with Crippen LogP contribution in [0, 0.1) is 0 Å². The van der Waals surface area contributed by atoms with Crippen LogP contribution in [0.1, 0.15) is 44.2 Å². The SMILES string of the molecule is CC(C)(CC(C(N)=O)(c1ccccc1)c1ccccc1)N1CCCC1. The highest BCUT2D eigenvalue weighted by Crippen LogP contribution is 2.41. The zero-order chi connectivity index (χ0) is 17.9. The highest BCUT2D eigenvalue weighted by Gasteiger charge is 2.46. The van der Waals surface area contributed by atoms with Gasteiger partial charge in [0.25, 0.3) is 0 Å². The average molecular weight is 336 g/mol. The topological polar surface area (TPSA) is 46.3 Å². The largest absolute Gasteiger partial charge is 0.369 e. The van der Waals surface area contributed by atoms with Crippen LogP contribution >= 0.6 is 0 Å². The van der Waals surface area contributed by atoms with Crippen LogP contribution in [0.2, 0.25) is 0 Å². The van der Waals surface area contributed by atoms with E-state index in [1.54, 1.807) is 0 Å². The first-order chi connectivity index (χ1) is 12.0. The molecule has 0 aromatic heterocycles. The van der Waals surface area contributed by atoms with Crippen LogP contribution in [-0.4, -0.2) is 29.4 Å². The predicted molar refractivity (Wildman–Crippen MR) is 102 cm³/mol. The van der Waals surface area contributed by atoms with Crippen LogP contribution in [0.25, 0.3) is 0 Å². The molecule has 2 aromatic carbocycles. The molecule has 2 aromatic rings. The fraction of sp³-hybridized carbons (Fsp3) is 0.409. The first-order valence-electron chi connectivity index (χ1n) is 9.13. The third-order valence-corrected chi connectivity index (χ3v) is 5.61. The van der Waals surface area contributed by atoms with Gasteiger partial charge in [0.2, 0.25) is 5.91 Å². The van der Waals surface area contributed by atoms with Crippen molar-refractivity contribution in [1.82, 2.24) is 4.90 Å². The summed E-state index contributed by atoms with van der Waals surface area (Å²) in [5.74, 6) is -0.280. The van der Waals surface area contributed by atoms with E-state index >= 15 is 0 Å². The monoisotopic (exact) mass is 336 g/mol. The number of nitrogens with zero attached hydrogens (tertiary/aromatic N) is 1. The average Bonchev–Trinajstić information content (AvgIpc) is 3.17. The fourth-order valence-electron chi connectivity index (χ4n) is 4.27. The molecule has 3 nitrogen and oxygen atoms in total. The molecule has 132 valence electrons. The van der Waals surface area contributed by atoms with Crippen LogP contribution < -0.4 is 5.73 Å². The smallest absolute Gasteiger partial charge is 0.232 e. The van der Waals surface area contributed by atoms with E-state index in [0.717, 1.165) is 24.2 Å². The summed E-state index contributed by atoms with van der Waals surface area (Å²) in [5.41, 5.74) is 7.09. The van der Waals surface area contributed by atoms with Gasteiger partial charge in [-0.3, -0.25) is 9.69 Å². The minimum Gasteiger partial charge on any atom is -0.369 e. The maximum Gasteiger partial charge on any atom is 0.232 e. The lowest BCUT2D eigenvalue weighted by Crippen LogP contribution is -2.52. The summed E-state index contributed by atoms with van der Waals surface area (Å²) in [6.07, 6.45) is 3.12. The van der Waals surface area contributed by atoms with E-state index < -0.39 is 5.41 Å². The minimum absolute atomic E-state index is 0.114. The molecule has 2 N–H and O–H groups in total. The summed E-state index contributed by atoms with van der Waals surface area (Å²) < 4.78 is 0. The van der Waals surface area contributed by atoms with Crippen molar-refractivity contribution >= 4 is 5.91 Å². The molecular weight excluding hydrogens is 308 g/mol. The lowest BCUT2D eigenvalue weighted by molar-refractivity contribution is -0.123. The number of rotatable bonds is 6. The summed E-state index contributed by atoms with van der Waals surface area (Å²) in [5, 5.41) is 0. The van der Waals surface area contributed by atoms with E-state index in [0.29, 0.717) is 6.42 Å². The first kappa shape index (κ1) is 17.7. The van der Waals surface area contributed by atoms with Gasteiger partial charge in [-0.2, -0.15) is 0 Å². The van der Waals surface area contributed by atoms with E-state index in [2.05, 4.69) is 18.7 Å². The normalized spacial score (nSPS) is 16.1. The van der Waals surface area contributed by atoms with Gasteiger partial charge in [0, 0.05) is 5.54 Å². The Bertz CT molecular complexity index is 664. The van der Waals surface area contributed by atoms with Crippen molar-refractivity contribution in [2.24, 2.45) is 5.73 Å². The van der Waals surface area contributed by atoms with Gasteiger partial charge in [0.15, 0.2) is 0 Å². The Labute approximate surface area is 150 Å². The van der Waals surface area contributed by atoms with Crippen LogP contribution in [-0.2, 0) is 10.2 Å². The van der Waals surface area contributed by atoms with Crippen molar-refractivity contribution in [2.75, 3.05) is 13.1 Å². The minimum atomic E-state index is -0.825. The van der Waals surface area contributed by atoms with Crippen LogP contribution in [0.4, 0.5) is 0 Å². The van der Waals surface area contributed by atoms with Gasteiger partial charge in [0.05, 0.1) is 0 Å². The number of hydrogen-bond donors (Lipinski definition) is 1. The van der Waals surface area contributed by atoms with Gasteiger partial charge < -0.3 is 5.73 Å². The molecule has 25 heavy (non-hydrogen) atoms. The van der Waals surface area contributed by atoms with Crippen LogP contribution in [0.5, 0.6) is 0 Å². The third kappa shape index (κ3) is 3.34. The highest BCUT2D eigenvalue weighted by atomic mass is 16.1. The standard InChI is InChI=1S/C22H28N2O/c1-21(2,24-15-9-10-16-24)17-22(20(23)25,18-11-5-3-6-12-18)19-13-7-4-8-14-19/h3-8,11-14H,9-10,15-17H2,1-2H3,(H2,23,25). The second-order valence-corrected chi connectivity index (χ2v) is 7.68. The molecule has 0 saturated carbocycles. The van der Waals surface area contributed by atoms with Crippen molar-refractivity contribution in [3.05, 3.63) is 71.8 Å². The molecule has 0 unspecified atom stereocenters. The second-order valence-electron chi connectivity index (χ2n) is 7.68. The van der Waals surface area contributed by atoms with Gasteiger partial charge in [-0.1, -0.05) is 60.7 Å². The number of nitrogens with two attached hydrogens (primary N) is 1. The quantitative estimate of drug-likeness (QED) is 0.874. The van der Waals surface area contributed by atoms with Gasteiger partial charge in [0.1, 0.15) is 5.41 Å². The Kier molecular flexibility index (Phi) is 4.96. The van der Waals surface area contributed by atoms with Crippen LogP contribution in [0.3, 0.4) is 0 Å². The summed E-state index contributed by atoms with van der Waals surface area (Å²) in [6.45, 7) is 6.65. The Morgan fingerprint density at radius 1 is 0.920 bits per heavy atom. The molecule has 3 heteroatoms. The summed E-state index contributed by atoms with van der Waals surface area (Å²) >= 11 is 0. The third-order valence-electron chi connectivity index (χ3n) is 5.61. The zero-order valence-corrected chi connectivity index (χ0v) is 15.2. The van der Waals surface area contributed by atoms with Crippen molar-refractivity contribution in [2.45, 2.75) is 44.1 Å². The van der Waals surface area contributed by atoms with Crippen molar-refractivity contribution in [3.8, 4) is 0 Å². The molecule has 0 bridgehead atoms. The zero-order valence-electron chi connectivity index (χ0n) is 15.2. The molecule has 1 fully saturated rings. The molecule has 1 amide bonds. The molecule has 1 heterocycles. The van der Waals surface area contributed by atoms with E-state index in [-0.39, 0.29) is 11.4 Å². The molecule has 1 saturated heterocycles. The summed E-state index contributed by atoms with van der Waals surface area (Å²) in [4.78, 5) is 15.4. The summed E-state index contributed by atoms with van der Waals surface area (Å²) in [7, 11) is 0. The molecular formula is C22H28N2O. The van der Waals surface area contributed by atoms with Gasteiger partial charge >= 0.3 is 0 Å². The fourth-order valence-corrected chi connectivity index (χ4v) is 4.27. The highest BCUT2D eigenvalue weighted by molar-refractivity contribution is 5.91. The molecule has 1 aliphatic heterocycles. The van der Waals surface area contributed by atoms with E-state index in [9.17, 15) is 4.79 Å². The van der Waals surface area contributed by atoms with Gasteiger partial charge in [-0.25, -0.2) is 0 Å².